The van der Waals surface area contributed by atoms with Crippen molar-refractivity contribution >= 4 is 27.7 Å². The second kappa shape index (κ2) is 7.10. The first kappa shape index (κ1) is 16.0. The number of pyridine rings is 1. The molecule has 0 radical (unpaired) electrons. The number of benzene rings is 1. The third kappa shape index (κ3) is 3.54. The molecule has 0 amide bonds. The van der Waals surface area contributed by atoms with E-state index in [-0.39, 0.29) is 0 Å². The average Bonchev–Trinajstić information content (AvgIpc) is 2.98. The zero-order chi connectivity index (χ0) is 16.2. The Morgan fingerprint density at radius 1 is 1.22 bits per heavy atom. The Balaban J connectivity index is 2.14. The standard InChI is InChI=1S/C17H15BrN4S/c1-12-6-3-4-8-15(12)22-16(14-7-5-9-19-10-14)20-21-17(22)23-11-13(2)18/h3-10H,2,11H2,1H3. The smallest absolute Gasteiger partial charge is 0.196 e. The van der Waals surface area contributed by atoms with Gasteiger partial charge in [-0.05, 0) is 35.2 Å². The Labute approximate surface area is 147 Å². The molecule has 6 heteroatoms. The summed E-state index contributed by atoms with van der Waals surface area (Å²) in [7, 11) is 0. The lowest BCUT2D eigenvalue weighted by atomic mass is 10.2. The number of hydrogen-bond donors (Lipinski definition) is 0. The molecule has 4 nitrogen and oxygen atoms in total. The van der Waals surface area contributed by atoms with Gasteiger partial charge in [-0.15, -0.1) is 10.2 Å². The molecule has 0 fully saturated rings. The Bertz CT molecular complexity index is 830. The van der Waals surface area contributed by atoms with Gasteiger partial charge in [0.05, 0.1) is 5.69 Å². The van der Waals surface area contributed by atoms with E-state index in [9.17, 15) is 0 Å². The Hall–Kier alpha value is -1.92. The van der Waals surface area contributed by atoms with Crippen molar-refractivity contribution in [2.45, 2.75) is 12.1 Å². The van der Waals surface area contributed by atoms with Crippen molar-refractivity contribution in [2.75, 3.05) is 5.75 Å². The second-order valence-corrected chi connectivity index (χ2v) is 7.04. The van der Waals surface area contributed by atoms with Gasteiger partial charge in [-0.1, -0.05) is 52.5 Å². The molecule has 116 valence electrons. The zero-order valence-electron chi connectivity index (χ0n) is 12.6. The molecule has 0 aliphatic rings. The van der Waals surface area contributed by atoms with Gasteiger partial charge in [0.1, 0.15) is 0 Å². The Morgan fingerprint density at radius 3 is 2.74 bits per heavy atom. The fourth-order valence-corrected chi connectivity index (χ4v) is 3.26. The maximum Gasteiger partial charge on any atom is 0.196 e. The highest BCUT2D eigenvalue weighted by molar-refractivity contribution is 9.11. The molecule has 2 heterocycles. The lowest BCUT2D eigenvalue weighted by Gasteiger charge is -2.12. The van der Waals surface area contributed by atoms with Crippen LogP contribution in [0.25, 0.3) is 17.1 Å². The van der Waals surface area contributed by atoms with Crippen LogP contribution in [0.3, 0.4) is 0 Å². The lowest BCUT2D eigenvalue weighted by Crippen LogP contribution is -2.02. The average molecular weight is 387 g/mol. The lowest BCUT2D eigenvalue weighted by molar-refractivity contribution is 0.882. The highest BCUT2D eigenvalue weighted by atomic mass is 79.9. The van der Waals surface area contributed by atoms with Gasteiger partial charge in [-0.2, -0.15) is 0 Å². The number of aryl methyl sites for hydroxylation is 1. The van der Waals surface area contributed by atoms with E-state index in [1.54, 1.807) is 24.2 Å². The van der Waals surface area contributed by atoms with E-state index >= 15 is 0 Å². The van der Waals surface area contributed by atoms with E-state index < -0.39 is 0 Å². The summed E-state index contributed by atoms with van der Waals surface area (Å²) in [5.74, 6) is 1.52. The molecule has 0 aliphatic carbocycles. The quantitative estimate of drug-likeness (QED) is 0.599. The largest absolute Gasteiger partial charge is 0.270 e. The molecular formula is C17H15BrN4S. The van der Waals surface area contributed by atoms with Crippen LogP contribution in [0.5, 0.6) is 0 Å². The number of nitrogens with zero attached hydrogens (tertiary/aromatic N) is 4. The van der Waals surface area contributed by atoms with Gasteiger partial charge in [-0.25, -0.2) is 0 Å². The van der Waals surface area contributed by atoms with E-state index in [1.165, 1.54) is 0 Å². The summed E-state index contributed by atoms with van der Waals surface area (Å²) in [5, 5.41) is 9.59. The van der Waals surface area contributed by atoms with Crippen LogP contribution in [0.15, 0.2) is 65.0 Å². The van der Waals surface area contributed by atoms with Gasteiger partial charge in [0.2, 0.25) is 0 Å². The van der Waals surface area contributed by atoms with E-state index in [0.29, 0.717) is 0 Å². The monoisotopic (exact) mass is 386 g/mol. The second-order valence-electron chi connectivity index (χ2n) is 4.98. The third-order valence-electron chi connectivity index (χ3n) is 3.27. The molecule has 0 saturated heterocycles. The zero-order valence-corrected chi connectivity index (χ0v) is 15.0. The van der Waals surface area contributed by atoms with Crippen LogP contribution >= 0.6 is 27.7 Å². The van der Waals surface area contributed by atoms with Crippen LogP contribution in [-0.2, 0) is 0 Å². The molecule has 0 N–H and O–H groups in total. The fourth-order valence-electron chi connectivity index (χ4n) is 2.22. The first-order valence-electron chi connectivity index (χ1n) is 7.04. The van der Waals surface area contributed by atoms with Crippen molar-refractivity contribution < 1.29 is 0 Å². The number of aromatic nitrogens is 4. The molecule has 2 aromatic heterocycles. The molecule has 1 aromatic carbocycles. The SMILES string of the molecule is C=C(Br)CSc1nnc(-c2cccnc2)n1-c1ccccc1C. The summed E-state index contributed by atoms with van der Waals surface area (Å²) < 4.78 is 3.00. The molecular weight excluding hydrogens is 372 g/mol. The molecule has 0 aliphatic heterocycles. The van der Waals surface area contributed by atoms with Crippen LogP contribution in [0, 0.1) is 6.92 Å². The van der Waals surface area contributed by atoms with Gasteiger partial charge >= 0.3 is 0 Å². The van der Waals surface area contributed by atoms with Crippen molar-refractivity contribution in [3.8, 4) is 17.1 Å². The minimum absolute atomic E-state index is 0.733. The number of halogens is 1. The maximum atomic E-state index is 4.39. The van der Waals surface area contributed by atoms with Crippen LogP contribution in [0.2, 0.25) is 0 Å². The first-order valence-corrected chi connectivity index (χ1v) is 8.82. The molecule has 3 rings (SSSR count). The van der Waals surface area contributed by atoms with Crippen molar-refractivity contribution in [2.24, 2.45) is 0 Å². The van der Waals surface area contributed by atoms with Crippen molar-refractivity contribution in [3.63, 3.8) is 0 Å². The third-order valence-corrected chi connectivity index (χ3v) is 4.93. The van der Waals surface area contributed by atoms with E-state index in [4.69, 9.17) is 0 Å². The minimum Gasteiger partial charge on any atom is -0.270 e. The van der Waals surface area contributed by atoms with Gasteiger partial charge in [0.15, 0.2) is 11.0 Å². The molecule has 23 heavy (non-hydrogen) atoms. The summed E-state index contributed by atoms with van der Waals surface area (Å²) in [6.07, 6.45) is 3.55. The summed E-state index contributed by atoms with van der Waals surface area (Å²) in [6, 6.07) is 12.1. The van der Waals surface area contributed by atoms with E-state index in [2.05, 4.69) is 61.3 Å². The van der Waals surface area contributed by atoms with Crippen LogP contribution in [-0.4, -0.2) is 25.5 Å². The van der Waals surface area contributed by atoms with Crippen LogP contribution in [0.1, 0.15) is 5.56 Å². The van der Waals surface area contributed by atoms with Crippen molar-refractivity contribution in [3.05, 3.63) is 65.4 Å². The molecule has 0 atom stereocenters. The molecule has 0 unspecified atom stereocenters. The fraction of sp³-hybridized carbons (Fsp3) is 0.118. The topological polar surface area (TPSA) is 43.6 Å². The predicted molar refractivity (Wildman–Crippen MR) is 98.1 cm³/mol. The minimum atomic E-state index is 0.733. The van der Waals surface area contributed by atoms with Gasteiger partial charge in [0, 0.05) is 23.7 Å². The molecule has 0 spiro atoms. The summed E-state index contributed by atoms with van der Waals surface area (Å²) in [4.78, 5) is 4.19. The number of para-hydroxylation sites is 1. The Kier molecular flexibility index (Phi) is 4.93. The highest BCUT2D eigenvalue weighted by Crippen LogP contribution is 2.30. The maximum absolute atomic E-state index is 4.39. The highest BCUT2D eigenvalue weighted by Gasteiger charge is 2.17. The normalized spacial score (nSPS) is 10.7. The predicted octanol–water partition coefficient (Wildman–Crippen LogP) is 4.64. The van der Waals surface area contributed by atoms with Crippen LogP contribution in [0.4, 0.5) is 0 Å². The summed E-state index contributed by atoms with van der Waals surface area (Å²) in [5.41, 5.74) is 3.17. The van der Waals surface area contributed by atoms with Gasteiger partial charge in [-0.3, -0.25) is 9.55 Å². The van der Waals surface area contributed by atoms with E-state index in [0.717, 1.165) is 38.0 Å². The summed E-state index contributed by atoms with van der Waals surface area (Å²) in [6.45, 7) is 5.97. The molecule has 3 aromatic rings. The first-order chi connectivity index (χ1) is 11.2. The van der Waals surface area contributed by atoms with E-state index in [1.807, 2.05) is 24.3 Å². The number of rotatable bonds is 5. The molecule has 0 bridgehead atoms. The van der Waals surface area contributed by atoms with Crippen molar-refractivity contribution in [1.29, 1.82) is 0 Å². The summed E-state index contributed by atoms with van der Waals surface area (Å²) >= 11 is 4.99. The number of hydrogen-bond acceptors (Lipinski definition) is 4. The van der Waals surface area contributed by atoms with Crippen LogP contribution < -0.4 is 0 Å². The Morgan fingerprint density at radius 2 is 2.04 bits per heavy atom. The van der Waals surface area contributed by atoms with Gasteiger partial charge < -0.3 is 0 Å². The molecule has 0 saturated carbocycles. The van der Waals surface area contributed by atoms with Gasteiger partial charge in [0.25, 0.3) is 0 Å². The number of thioether (sulfide) groups is 1. The van der Waals surface area contributed by atoms with Crippen molar-refractivity contribution in [1.82, 2.24) is 19.7 Å².